The summed E-state index contributed by atoms with van der Waals surface area (Å²) in [6, 6.07) is 0. The summed E-state index contributed by atoms with van der Waals surface area (Å²) in [5.74, 6) is -1.42. The van der Waals surface area contributed by atoms with E-state index in [1.165, 1.54) is 0 Å². The van der Waals surface area contributed by atoms with E-state index in [0.29, 0.717) is 0 Å². The number of carbonyl (C=O) groups excluding carboxylic acids is 2. The number of hydrogen-bond acceptors (Lipinski definition) is 9. The first-order valence-electron chi connectivity index (χ1n) is 13.8. The maximum Gasteiger partial charge on any atom is 0.309 e. The lowest BCUT2D eigenvalue weighted by Crippen LogP contribution is -2.49. The van der Waals surface area contributed by atoms with Gasteiger partial charge in [0, 0.05) is 23.7 Å². The Morgan fingerprint density at radius 2 is 1.13 bits per heavy atom. The maximum absolute atomic E-state index is 12.0. The highest BCUT2D eigenvalue weighted by Gasteiger charge is 2.47. The molecule has 224 valence electrons. The summed E-state index contributed by atoms with van der Waals surface area (Å²) < 4.78 is 11.0. The number of ether oxygens (including phenoxy) is 2. The van der Waals surface area contributed by atoms with Gasteiger partial charge in [-0.1, -0.05) is 40.5 Å². The largest absolute Gasteiger partial charge is 0.481 e. The van der Waals surface area contributed by atoms with Crippen molar-refractivity contribution in [2.24, 2.45) is 10.8 Å². The number of carboxylic acids is 2. The quantitative estimate of drug-likeness (QED) is 0.156. The van der Waals surface area contributed by atoms with Crippen LogP contribution in [0.25, 0.3) is 0 Å². The minimum absolute atomic E-state index is 0.127. The van der Waals surface area contributed by atoms with Crippen molar-refractivity contribution in [3.8, 4) is 0 Å². The molecule has 2 rings (SSSR count). The molecule has 0 aromatic rings. The van der Waals surface area contributed by atoms with Gasteiger partial charge >= 0.3 is 23.9 Å². The SMILES string of the molecule is CC(C)(CCCCSCCCCC(C)(C)C1CC(O)(CC(=O)O)CC(=O)O1)C1CC(O)(CC(=O)O)CC(=O)O1. The number of esters is 2. The molecule has 2 heterocycles. The predicted octanol–water partition coefficient (Wildman–Crippen LogP) is 3.94. The summed E-state index contributed by atoms with van der Waals surface area (Å²) in [4.78, 5) is 46.2. The molecule has 0 saturated carbocycles. The number of thioether (sulfide) groups is 1. The fourth-order valence-electron chi connectivity index (χ4n) is 5.55. The highest BCUT2D eigenvalue weighted by molar-refractivity contribution is 7.99. The van der Waals surface area contributed by atoms with Crippen LogP contribution in [0.1, 0.15) is 105 Å². The number of aliphatic hydroxyl groups is 2. The molecule has 2 fully saturated rings. The number of hydrogen-bond donors (Lipinski definition) is 4. The van der Waals surface area contributed by atoms with E-state index >= 15 is 0 Å². The van der Waals surface area contributed by atoms with E-state index in [1.807, 2.05) is 39.5 Å². The van der Waals surface area contributed by atoms with Gasteiger partial charge in [-0.05, 0) is 37.2 Å². The van der Waals surface area contributed by atoms with Gasteiger partial charge in [0.15, 0.2) is 0 Å². The number of rotatable bonds is 16. The number of carboxylic acid groups (broad SMARTS) is 2. The summed E-state index contributed by atoms with van der Waals surface area (Å²) in [6.07, 6.45) is 3.07. The van der Waals surface area contributed by atoms with Crippen LogP contribution in [-0.4, -0.2) is 79.2 Å². The summed E-state index contributed by atoms with van der Waals surface area (Å²) in [7, 11) is 0. The standard InChI is InChI=1S/C28H46O10S/c1-25(2,19-13-27(35,15-21(29)30)17-23(33)37-19)9-5-7-11-39-12-8-6-10-26(3,4)20-14-28(36,16-22(31)32)18-24(34)38-20/h19-20,35-36H,5-18H2,1-4H3,(H,29,30)(H,31,32). The van der Waals surface area contributed by atoms with Crippen LogP contribution in [0.3, 0.4) is 0 Å². The van der Waals surface area contributed by atoms with Gasteiger partial charge in [-0.25, -0.2) is 0 Å². The molecule has 11 heteroatoms. The summed E-state index contributed by atoms with van der Waals surface area (Å²) in [6.45, 7) is 7.94. The number of carbonyl (C=O) groups is 4. The van der Waals surface area contributed by atoms with Gasteiger partial charge in [-0.2, -0.15) is 11.8 Å². The molecule has 2 aliphatic rings. The van der Waals surface area contributed by atoms with Crippen LogP contribution in [0, 0.1) is 10.8 Å². The Hall–Kier alpha value is -1.85. The van der Waals surface area contributed by atoms with E-state index in [9.17, 15) is 29.4 Å². The molecule has 0 aromatic carbocycles. The van der Waals surface area contributed by atoms with E-state index in [4.69, 9.17) is 19.7 Å². The van der Waals surface area contributed by atoms with Gasteiger partial charge in [0.25, 0.3) is 0 Å². The average molecular weight is 575 g/mol. The molecule has 4 unspecified atom stereocenters. The summed E-state index contributed by atoms with van der Waals surface area (Å²) in [5, 5.41) is 39.4. The Morgan fingerprint density at radius 1 is 0.769 bits per heavy atom. The molecule has 4 N–H and O–H groups in total. The second-order valence-corrected chi connectivity index (χ2v) is 14.0. The highest BCUT2D eigenvalue weighted by atomic mass is 32.2. The molecule has 0 spiro atoms. The fraction of sp³-hybridized carbons (Fsp3) is 0.857. The van der Waals surface area contributed by atoms with E-state index in [2.05, 4.69) is 0 Å². The molecule has 0 bridgehead atoms. The van der Waals surface area contributed by atoms with Crippen molar-refractivity contribution in [1.29, 1.82) is 0 Å². The third-order valence-corrected chi connectivity index (χ3v) is 9.20. The van der Waals surface area contributed by atoms with Crippen LogP contribution >= 0.6 is 11.8 Å². The zero-order chi connectivity index (χ0) is 29.5. The van der Waals surface area contributed by atoms with Crippen molar-refractivity contribution in [2.75, 3.05) is 11.5 Å². The minimum Gasteiger partial charge on any atom is -0.481 e. The van der Waals surface area contributed by atoms with E-state index < -0.39 is 60.1 Å². The average Bonchev–Trinajstić information content (AvgIpc) is 2.74. The minimum atomic E-state index is -1.56. The topological polar surface area (TPSA) is 168 Å². The zero-order valence-corrected chi connectivity index (χ0v) is 24.5. The molecular formula is C28H46O10S. The van der Waals surface area contributed by atoms with E-state index in [1.54, 1.807) is 0 Å². The van der Waals surface area contributed by atoms with Crippen molar-refractivity contribution in [3.63, 3.8) is 0 Å². The van der Waals surface area contributed by atoms with Gasteiger partial charge in [0.2, 0.25) is 0 Å². The number of cyclic esters (lactones) is 2. The van der Waals surface area contributed by atoms with Crippen molar-refractivity contribution >= 4 is 35.6 Å². The molecule has 2 aliphatic heterocycles. The third-order valence-electron chi connectivity index (χ3n) is 8.05. The van der Waals surface area contributed by atoms with Crippen molar-refractivity contribution < 1.29 is 49.1 Å². The lowest BCUT2D eigenvalue weighted by atomic mass is 9.74. The Morgan fingerprint density at radius 3 is 1.46 bits per heavy atom. The van der Waals surface area contributed by atoms with Gasteiger partial charge in [-0.3, -0.25) is 19.2 Å². The van der Waals surface area contributed by atoms with Crippen molar-refractivity contribution in [2.45, 2.75) is 128 Å². The maximum atomic E-state index is 12.0. The number of unbranched alkanes of at least 4 members (excludes halogenated alkanes) is 2. The second-order valence-electron chi connectivity index (χ2n) is 12.8. The second kappa shape index (κ2) is 13.7. The fourth-order valence-corrected chi connectivity index (χ4v) is 6.57. The molecule has 0 aliphatic carbocycles. The first-order valence-corrected chi connectivity index (χ1v) is 15.0. The smallest absolute Gasteiger partial charge is 0.309 e. The zero-order valence-electron chi connectivity index (χ0n) is 23.7. The number of aliphatic carboxylic acids is 2. The van der Waals surface area contributed by atoms with E-state index in [-0.39, 0.29) is 36.5 Å². The van der Waals surface area contributed by atoms with Crippen LogP contribution in [0.15, 0.2) is 0 Å². The summed E-state index contributed by atoms with van der Waals surface area (Å²) in [5.41, 5.74) is -3.88. The Bertz CT molecular complexity index is 810. The molecule has 39 heavy (non-hydrogen) atoms. The molecule has 0 aromatic heterocycles. The van der Waals surface area contributed by atoms with Crippen molar-refractivity contribution in [3.05, 3.63) is 0 Å². The Labute approximate surface area is 235 Å². The normalized spacial score (nSPS) is 28.1. The van der Waals surface area contributed by atoms with Crippen LogP contribution in [0.2, 0.25) is 0 Å². The molecule has 0 amide bonds. The van der Waals surface area contributed by atoms with Gasteiger partial charge in [0.05, 0.1) is 36.9 Å². The molecule has 10 nitrogen and oxygen atoms in total. The monoisotopic (exact) mass is 574 g/mol. The molecule has 2 saturated heterocycles. The van der Waals surface area contributed by atoms with Gasteiger partial charge in [-0.15, -0.1) is 0 Å². The first kappa shape index (κ1) is 33.4. The lowest BCUT2D eigenvalue weighted by Gasteiger charge is -2.42. The Balaban J connectivity index is 1.66. The molecule has 0 radical (unpaired) electrons. The predicted molar refractivity (Wildman–Crippen MR) is 145 cm³/mol. The van der Waals surface area contributed by atoms with Gasteiger partial charge in [0.1, 0.15) is 12.2 Å². The van der Waals surface area contributed by atoms with Crippen LogP contribution < -0.4 is 0 Å². The summed E-state index contributed by atoms with van der Waals surface area (Å²) >= 11 is 1.86. The lowest BCUT2D eigenvalue weighted by molar-refractivity contribution is -0.185. The highest BCUT2D eigenvalue weighted by Crippen LogP contribution is 2.41. The van der Waals surface area contributed by atoms with Crippen LogP contribution in [-0.2, 0) is 28.7 Å². The molecular weight excluding hydrogens is 528 g/mol. The van der Waals surface area contributed by atoms with Crippen LogP contribution in [0.4, 0.5) is 0 Å². The third kappa shape index (κ3) is 10.9. The van der Waals surface area contributed by atoms with Crippen molar-refractivity contribution in [1.82, 2.24) is 0 Å². The molecule has 4 atom stereocenters. The van der Waals surface area contributed by atoms with Crippen LogP contribution in [0.5, 0.6) is 0 Å². The van der Waals surface area contributed by atoms with E-state index in [0.717, 1.165) is 50.0 Å². The van der Waals surface area contributed by atoms with Gasteiger partial charge < -0.3 is 29.9 Å². The Kier molecular flexibility index (Phi) is 11.7. The first-order chi connectivity index (χ1) is 18.0.